The number of likely N-dealkylation sites (tertiary alicyclic amines) is 2. The van der Waals surface area contributed by atoms with E-state index in [0.29, 0.717) is 37.9 Å². The van der Waals surface area contributed by atoms with Crippen molar-refractivity contribution in [2.75, 3.05) is 49.5 Å². The molecule has 0 bridgehead atoms. The number of carbonyl (C=O) groups is 3. The molecule has 3 amide bonds. The molecule has 0 unspecified atom stereocenters. The van der Waals surface area contributed by atoms with E-state index in [2.05, 4.69) is 20.5 Å². The molecule has 0 spiro atoms. The molecule has 4 heterocycles. The Morgan fingerprint density at radius 2 is 1.62 bits per heavy atom. The molecule has 12 nitrogen and oxygen atoms in total. The summed E-state index contributed by atoms with van der Waals surface area (Å²) in [5.41, 5.74) is 7.46. The molecule has 3 fully saturated rings. The van der Waals surface area contributed by atoms with Crippen LogP contribution in [0.25, 0.3) is 0 Å². The number of hydrogen-bond donors (Lipinski definition) is 2. The Morgan fingerprint density at radius 1 is 0.905 bits per heavy atom. The Labute approximate surface area is 246 Å². The average Bonchev–Trinajstić information content (AvgIpc) is 3.02. The van der Waals surface area contributed by atoms with Crippen molar-refractivity contribution < 1.29 is 14.4 Å². The van der Waals surface area contributed by atoms with E-state index in [9.17, 15) is 14.4 Å². The molecule has 12 heteroatoms. The minimum Gasteiger partial charge on any atom is -0.364 e. The lowest BCUT2D eigenvalue weighted by Crippen LogP contribution is -2.41. The third kappa shape index (κ3) is 7.13. The number of nitrogens with zero attached hydrogens (tertiary/aromatic N) is 7. The lowest BCUT2D eigenvalue weighted by Gasteiger charge is -2.34. The SMILES string of the molecule is N#CCC(=O)N1CCC(c2ccc(Nc3nc(N4CCC[C@@H](CC(=O)N5CCCCC5)C4)nnc3C(N)=O)cc2)CC1. The standard InChI is InChI=1S/C30H39N9O3/c31-13-10-25(40)38-17-11-23(12-18-38)22-6-8-24(9-7-22)33-29-27(28(32)42)35-36-30(34-29)39-16-4-5-21(20-39)19-26(41)37-14-2-1-3-15-37/h6-9,21,23H,1-5,10-12,14-20H2,(H2,32,42)(H,33,34,36)/t21-/m0/s1. The van der Waals surface area contributed by atoms with Crippen LogP contribution in [0.2, 0.25) is 0 Å². The number of nitrogens with one attached hydrogen (secondary N) is 1. The third-order valence-electron chi connectivity index (χ3n) is 8.61. The smallest absolute Gasteiger partial charge is 0.273 e. The predicted molar refractivity (Wildman–Crippen MR) is 157 cm³/mol. The third-order valence-corrected chi connectivity index (χ3v) is 8.61. The predicted octanol–water partition coefficient (Wildman–Crippen LogP) is 2.95. The zero-order valence-electron chi connectivity index (χ0n) is 24.0. The molecule has 42 heavy (non-hydrogen) atoms. The molecule has 1 aromatic heterocycles. The first kappa shape index (κ1) is 29.2. The first-order valence-electron chi connectivity index (χ1n) is 15.0. The summed E-state index contributed by atoms with van der Waals surface area (Å²) in [5.74, 6) is 0.601. The Bertz CT molecular complexity index is 1310. The van der Waals surface area contributed by atoms with E-state index in [0.717, 1.165) is 63.8 Å². The summed E-state index contributed by atoms with van der Waals surface area (Å²) in [6.07, 6.45) is 7.40. The van der Waals surface area contributed by atoms with E-state index >= 15 is 0 Å². The lowest BCUT2D eigenvalue weighted by atomic mass is 9.89. The van der Waals surface area contributed by atoms with Crippen LogP contribution in [0.3, 0.4) is 0 Å². The lowest BCUT2D eigenvalue weighted by molar-refractivity contribution is -0.133. The quantitative estimate of drug-likeness (QED) is 0.484. The maximum Gasteiger partial charge on any atom is 0.273 e. The maximum absolute atomic E-state index is 12.9. The van der Waals surface area contributed by atoms with Crippen LogP contribution in [0.5, 0.6) is 0 Å². The first-order chi connectivity index (χ1) is 20.4. The number of nitrogens with two attached hydrogens (primary N) is 1. The van der Waals surface area contributed by atoms with Crippen LogP contribution >= 0.6 is 0 Å². The molecule has 1 atom stereocenters. The van der Waals surface area contributed by atoms with Gasteiger partial charge < -0.3 is 25.8 Å². The van der Waals surface area contributed by atoms with Gasteiger partial charge in [0, 0.05) is 51.4 Å². The summed E-state index contributed by atoms with van der Waals surface area (Å²) < 4.78 is 0. The number of rotatable bonds is 8. The normalized spacial score (nSPS) is 19.7. The van der Waals surface area contributed by atoms with Gasteiger partial charge in [-0.15, -0.1) is 10.2 Å². The Morgan fingerprint density at radius 3 is 2.31 bits per heavy atom. The van der Waals surface area contributed by atoms with Gasteiger partial charge in [-0.2, -0.15) is 10.2 Å². The summed E-state index contributed by atoms with van der Waals surface area (Å²) in [6.45, 7) is 4.42. The van der Waals surface area contributed by atoms with E-state index in [1.165, 1.54) is 12.0 Å². The van der Waals surface area contributed by atoms with Gasteiger partial charge >= 0.3 is 0 Å². The zero-order valence-corrected chi connectivity index (χ0v) is 24.0. The second kappa shape index (κ2) is 13.6. The van der Waals surface area contributed by atoms with Gasteiger partial charge in [-0.05, 0) is 74.5 Å². The fraction of sp³-hybridized carbons (Fsp3) is 0.567. The second-order valence-electron chi connectivity index (χ2n) is 11.5. The highest BCUT2D eigenvalue weighted by atomic mass is 16.2. The topological polar surface area (TPSA) is 161 Å². The summed E-state index contributed by atoms with van der Waals surface area (Å²) in [5, 5.41) is 20.3. The summed E-state index contributed by atoms with van der Waals surface area (Å²) in [4.78, 5) is 47.4. The molecule has 3 saturated heterocycles. The zero-order chi connectivity index (χ0) is 29.5. The molecular formula is C30H39N9O3. The van der Waals surface area contributed by atoms with E-state index in [4.69, 9.17) is 11.0 Å². The highest BCUT2D eigenvalue weighted by molar-refractivity contribution is 5.96. The number of primary amides is 1. The molecule has 1 aromatic carbocycles. The highest BCUT2D eigenvalue weighted by Crippen LogP contribution is 2.30. The molecule has 222 valence electrons. The largest absolute Gasteiger partial charge is 0.364 e. The maximum atomic E-state index is 12.9. The van der Waals surface area contributed by atoms with Gasteiger partial charge in [0.05, 0.1) is 6.07 Å². The highest BCUT2D eigenvalue weighted by Gasteiger charge is 2.28. The molecular weight excluding hydrogens is 534 g/mol. The van der Waals surface area contributed by atoms with Gasteiger partial charge in [-0.25, -0.2) is 0 Å². The summed E-state index contributed by atoms with van der Waals surface area (Å²) in [6, 6.07) is 9.86. The Balaban J connectivity index is 1.22. The Kier molecular flexibility index (Phi) is 9.46. The van der Waals surface area contributed by atoms with Crippen molar-refractivity contribution >= 4 is 35.2 Å². The van der Waals surface area contributed by atoms with Crippen LogP contribution in [0.4, 0.5) is 17.5 Å². The van der Waals surface area contributed by atoms with Crippen molar-refractivity contribution in [3.8, 4) is 6.07 Å². The van der Waals surface area contributed by atoms with E-state index in [1.807, 2.05) is 40.1 Å². The van der Waals surface area contributed by atoms with Gasteiger partial charge in [-0.3, -0.25) is 14.4 Å². The van der Waals surface area contributed by atoms with E-state index in [-0.39, 0.29) is 35.7 Å². The molecule has 2 aromatic rings. The van der Waals surface area contributed by atoms with Gasteiger partial charge in [0.2, 0.25) is 17.8 Å². The molecule has 3 N–H and O–H groups in total. The van der Waals surface area contributed by atoms with Crippen molar-refractivity contribution in [1.82, 2.24) is 25.0 Å². The molecule has 0 saturated carbocycles. The number of piperidine rings is 3. The van der Waals surface area contributed by atoms with E-state index < -0.39 is 5.91 Å². The number of benzene rings is 1. The van der Waals surface area contributed by atoms with Gasteiger partial charge in [0.25, 0.3) is 5.91 Å². The Hall–Kier alpha value is -4.27. The van der Waals surface area contributed by atoms with Crippen LogP contribution in [0.1, 0.15) is 79.8 Å². The fourth-order valence-electron chi connectivity index (χ4n) is 6.25. The minimum atomic E-state index is -0.720. The molecule has 3 aliphatic rings. The minimum absolute atomic E-state index is 0.0360. The fourth-order valence-corrected chi connectivity index (χ4v) is 6.25. The van der Waals surface area contributed by atoms with Crippen LogP contribution < -0.4 is 16.0 Å². The second-order valence-corrected chi connectivity index (χ2v) is 11.5. The molecule has 0 aliphatic carbocycles. The van der Waals surface area contributed by atoms with Crippen LogP contribution in [-0.2, 0) is 9.59 Å². The van der Waals surface area contributed by atoms with Crippen molar-refractivity contribution in [3.05, 3.63) is 35.5 Å². The van der Waals surface area contributed by atoms with Crippen LogP contribution in [0, 0.1) is 17.2 Å². The van der Waals surface area contributed by atoms with Crippen LogP contribution in [0.15, 0.2) is 24.3 Å². The summed E-state index contributed by atoms with van der Waals surface area (Å²) in [7, 11) is 0. The van der Waals surface area contributed by atoms with Crippen molar-refractivity contribution in [1.29, 1.82) is 5.26 Å². The number of amides is 3. The molecule has 0 radical (unpaired) electrons. The molecule has 5 rings (SSSR count). The molecule has 3 aliphatic heterocycles. The van der Waals surface area contributed by atoms with Crippen molar-refractivity contribution in [3.63, 3.8) is 0 Å². The number of carbonyl (C=O) groups excluding carboxylic acids is 3. The van der Waals surface area contributed by atoms with Gasteiger partial charge in [0.1, 0.15) is 6.42 Å². The number of anilines is 3. The number of aromatic nitrogens is 3. The van der Waals surface area contributed by atoms with Gasteiger partial charge in [0.15, 0.2) is 11.5 Å². The first-order valence-corrected chi connectivity index (χ1v) is 15.0. The monoisotopic (exact) mass is 573 g/mol. The van der Waals surface area contributed by atoms with Gasteiger partial charge in [-0.1, -0.05) is 12.1 Å². The number of hydrogen-bond acceptors (Lipinski definition) is 9. The van der Waals surface area contributed by atoms with Crippen molar-refractivity contribution in [2.45, 2.75) is 63.7 Å². The van der Waals surface area contributed by atoms with Crippen molar-refractivity contribution in [2.24, 2.45) is 11.7 Å². The number of nitriles is 1. The summed E-state index contributed by atoms with van der Waals surface area (Å²) >= 11 is 0. The van der Waals surface area contributed by atoms with E-state index in [1.54, 1.807) is 4.90 Å². The average molecular weight is 574 g/mol. The van der Waals surface area contributed by atoms with Crippen LogP contribution in [-0.4, -0.2) is 82.0 Å².